The van der Waals surface area contributed by atoms with Gasteiger partial charge < -0.3 is 10.3 Å². The second kappa shape index (κ2) is 4.98. The second-order valence-electron chi connectivity index (χ2n) is 4.36. The number of rotatable bonds is 4. The van der Waals surface area contributed by atoms with Gasteiger partial charge in [0.2, 0.25) is 0 Å². The summed E-state index contributed by atoms with van der Waals surface area (Å²) in [6, 6.07) is 1.92. The highest BCUT2D eigenvalue weighted by Gasteiger charge is 2.19. The van der Waals surface area contributed by atoms with Gasteiger partial charge in [0.15, 0.2) is 5.82 Å². The molecule has 0 saturated carbocycles. The molecule has 1 unspecified atom stereocenters. The van der Waals surface area contributed by atoms with Crippen molar-refractivity contribution in [2.24, 2.45) is 11.7 Å². The Balaban J connectivity index is 2.30. The van der Waals surface area contributed by atoms with Crippen LogP contribution in [0.1, 0.15) is 38.2 Å². The molecule has 4 nitrogen and oxygen atoms in total. The minimum Gasteiger partial charge on any atom is -0.333 e. The maximum absolute atomic E-state index is 5.99. The molecule has 1 atom stereocenters. The molecule has 0 bridgehead atoms. The van der Waals surface area contributed by atoms with Gasteiger partial charge in [-0.3, -0.25) is 0 Å². The molecule has 0 fully saturated rings. The highest BCUT2D eigenvalue weighted by molar-refractivity contribution is 7.13. The number of nitrogens with zero attached hydrogens (tertiary/aromatic N) is 2. The van der Waals surface area contributed by atoms with E-state index in [2.05, 4.69) is 23.1 Å². The Hall–Kier alpha value is -1.20. The standard InChI is InChI=1S/C12H17N3OS/c1-4-8-5-6-17-10(8)12-14-11(15-16-12)9(13)7(2)3/h5-7,9H,4,13H2,1-3H3. The van der Waals surface area contributed by atoms with Gasteiger partial charge in [-0.05, 0) is 29.3 Å². The van der Waals surface area contributed by atoms with E-state index in [9.17, 15) is 0 Å². The van der Waals surface area contributed by atoms with Crippen LogP contribution in [0.15, 0.2) is 16.0 Å². The van der Waals surface area contributed by atoms with Gasteiger partial charge in [0, 0.05) is 0 Å². The molecule has 2 heterocycles. The van der Waals surface area contributed by atoms with E-state index in [1.54, 1.807) is 11.3 Å². The van der Waals surface area contributed by atoms with Crippen molar-refractivity contribution in [3.63, 3.8) is 0 Å². The summed E-state index contributed by atoms with van der Waals surface area (Å²) >= 11 is 1.62. The summed E-state index contributed by atoms with van der Waals surface area (Å²) in [6.45, 7) is 6.20. The molecule has 0 saturated heterocycles. The molecule has 0 amide bonds. The molecular weight excluding hydrogens is 234 g/mol. The van der Waals surface area contributed by atoms with E-state index < -0.39 is 0 Å². The lowest BCUT2D eigenvalue weighted by Crippen LogP contribution is -2.18. The quantitative estimate of drug-likeness (QED) is 0.907. The fraction of sp³-hybridized carbons (Fsp3) is 0.500. The van der Waals surface area contributed by atoms with Crippen LogP contribution in [0.2, 0.25) is 0 Å². The topological polar surface area (TPSA) is 64.9 Å². The Labute approximate surface area is 105 Å². The van der Waals surface area contributed by atoms with Crippen molar-refractivity contribution < 1.29 is 4.52 Å². The Morgan fingerprint density at radius 1 is 1.47 bits per heavy atom. The average molecular weight is 251 g/mol. The molecule has 0 aromatic carbocycles. The molecule has 17 heavy (non-hydrogen) atoms. The monoisotopic (exact) mass is 251 g/mol. The van der Waals surface area contributed by atoms with E-state index in [1.165, 1.54) is 5.56 Å². The molecule has 2 rings (SSSR count). The van der Waals surface area contributed by atoms with Crippen LogP contribution in [0.3, 0.4) is 0 Å². The van der Waals surface area contributed by atoms with Crippen molar-refractivity contribution in [3.8, 4) is 10.8 Å². The lowest BCUT2D eigenvalue weighted by Gasteiger charge is -2.09. The number of hydrogen-bond donors (Lipinski definition) is 1. The molecule has 92 valence electrons. The summed E-state index contributed by atoms with van der Waals surface area (Å²) in [7, 11) is 0. The van der Waals surface area contributed by atoms with Crippen LogP contribution in [-0.4, -0.2) is 10.1 Å². The molecule has 5 heteroatoms. The minimum absolute atomic E-state index is 0.169. The van der Waals surface area contributed by atoms with Crippen molar-refractivity contribution >= 4 is 11.3 Å². The van der Waals surface area contributed by atoms with E-state index in [1.807, 2.05) is 19.2 Å². The maximum Gasteiger partial charge on any atom is 0.268 e. The van der Waals surface area contributed by atoms with Crippen LogP contribution in [0.25, 0.3) is 10.8 Å². The first-order valence-electron chi connectivity index (χ1n) is 5.79. The van der Waals surface area contributed by atoms with E-state index >= 15 is 0 Å². The molecule has 2 aromatic rings. The summed E-state index contributed by atoms with van der Waals surface area (Å²) in [5.74, 6) is 1.47. The third-order valence-electron chi connectivity index (χ3n) is 2.78. The highest BCUT2D eigenvalue weighted by atomic mass is 32.1. The van der Waals surface area contributed by atoms with Crippen molar-refractivity contribution in [1.82, 2.24) is 10.1 Å². The lowest BCUT2D eigenvalue weighted by atomic mass is 10.1. The van der Waals surface area contributed by atoms with Gasteiger partial charge in [-0.1, -0.05) is 25.9 Å². The summed E-state index contributed by atoms with van der Waals surface area (Å²) in [6.07, 6.45) is 0.965. The molecule has 2 aromatic heterocycles. The van der Waals surface area contributed by atoms with Crippen LogP contribution in [0.4, 0.5) is 0 Å². The normalized spacial score (nSPS) is 13.2. The summed E-state index contributed by atoms with van der Waals surface area (Å²) in [5, 5.41) is 6.01. The zero-order valence-corrected chi connectivity index (χ0v) is 11.1. The SMILES string of the molecule is CCc1ccsc1-c1nc(C(N)C(C)C)no1. The number of hydrogen-bond acceptors (Lipinski definition) is 5. The van der Waals surface area contributed by atoms with Crippen molar-refractivity contribution in [3.05, 3.63) is 22.8 Å². The highest BCUT2D eigenvalue weighted by Crippen LogP contribution is 2.29. The van der Waals surface area contributed by atoms with Gasteiger partial charge in [0.1, 0.15) is 0 Å². The van der Waals surface area contributed by atoms with E-state index in [-0.39, 0.29) is 6.04 Å². The number of nitrogens with two attached hydrogens (primary N) is 1. The molecule has 0 aliphatic rings. The zero-order valence-electron chi connectivity index (χ0n) is 10.3. The lowest BCUT2D eigenvalue weighted by molar-refractivity contribution is 0.400. The Morgan fingerprint density at radius 3 is 2.88 bits per heavy atom. The van der Waals surface area contributed by atoms with Gasteiger partial charge in [0.25, 0.3) is 5.89 Å². The molecule has 0 aliphatic heterocycles. The summed E-state index contributed by atoms with van der Waals surface area (Å²) < 4.78 is 5.29. The Kier molecular flexibility index (Phi) is 3.59. The fourth-order valence-electron chi connectivity index (χ4n) is 1.56. The number of aromatic nitrogens is 2. The van der Waals surface area contributed by atoms with Gasteiger partial charge >= 0.3 is 0 Å². The van der Waals surface area contributed by atoms with Crippen LogP contribution in [-0.2, 0) is 6.42 Å². The first-order valence-corrected chi connectivity index (χ1v) is 6.67. The van der Waals surface area contributed by atoms with Crippen LogP contribution < -0.4 is 5.73 Å². The smallest absolute Gasteiger partial charge is 0.268 e. The zero-order chi connectivity index (χ0) is 12.4. The maximum atomic E-state index is 5.99. The van der Waals surface area contributed by atoms with Crippen LogP contribution in [0.5, 0.6) is 0 Å². The van der Waals surface area contributed by atoms with E-state index in [0.717, 1.165) is 11.3 Å². The molecule has 2 N–H and O–H groups in total. The second-order valence-corrected chi connectivity index (χ2v) is 5.27. The summed E-state index contributed by atoms with van der Waals surface area (Å²) in [4.78, 5) is 5.45. The van der Waals surface area contributed by atoms with Gasteiger partial charge in [-0.25, -0.2) is 0 Å². The van der Waals surface area contributed by atoms with E-state index in [0.29, 0.717) is 17.6 Å². The third kappa shape index (κ3) is 2.40. The van der Waals surface area contributed by atoms with Crippen molar-refractivity contribution in [2.75, 3.05) is 0 Å². The number of thiophene rings is 1. The first-order chi connectivity index (χ1) is 8.13. The fourth-order valence-corrected chi connectivity index (χ4v) is 2.48. The van der Waals surface area contributed by atoms with E-state index in [4.69, 9.17) is 10.3 Å². The summed E-state index contributed by atoms with van der Waals surface area (Å²) in [5.41, 5.74) is 7.23. The predicted octanol–water partition coefficient (Wildman–Crippen LogP) is 3.02. The van der Waals surface area contributed by atoms with Gasteiger partial charge in [-0.15, -0.1) is 11.3 Å². The molecule has 0 aliphatic carbocycles. The molecule has 0 spiro atoms. The minimum atomic E-state index is -0.169. The van der Waals surface area contributed by atoms with Crippen molar-refractivity contribution in [1.29, 1.82) is 0 Å². The average Bonchev–Trinajstić information content (AvgIpc) is 2.95. The van der Waals surface area contributed by atoms with Crippen molar-refractivity contribution in [2.45, 2.75) is 33.2 Å². The third-order valence-corrected chi connectivity index (χ3v) is 3.72. The van der Waals surface area contributed by atoms with Crippen LogP contribution in [0, 0.1) is 5.92 Å². The Bertz CT molecular complexity index is 489. The number of aryl methyl sites for hydroxylation is 1. The molecular formula is C12H17N3OS. The van der Waals surface area contributed by atoms with Gasteiger partial charge in [0.05, 0.1) is 10.9 Å². The van der Waals surface area contributed by atoms with Gasteiger partial charge in [-0.2, -0.15) is 4.98 Å². The molecule has 0 radical (unpaired) electrons. The predicted molar refractivity (Wildman–Crippen MR) is 68.8 cm³/mol. The largest absolute Gasteiger partial charge is 0.333 e. The van der Waals surface area contributed by atoms with Crippen LogP contribution >= 0.6 is 11.3 Å². The Morgan fingerprint density at radius 2 is 2.24 bits per heavy atom. The first kappa shape index (κ1) is 12.3.